The third kappa shape index (κ3) is 5.62. The molecule has 1 aromatic carbocycles. The van der Waals surface area contributed by atoms with E-state index in [1.54, 1.807) is 23.5 Å². The van der Waals surface area contributed by atoms with Crippen molar-refractivity contribution in [3.8, 4) is 0 Å². The molecule has 23 heavy (non-hydrogen) atoms. The van der Waals surface area contributed by atoms with Crippen LogP contribution in [-0.2, 0) is 6.54 Å². The lowest BCUT2D eigenvalue weighted by atomic mass is 10.0. The van der Waals surface area contributed by atoms with Crippen molar-refractivity contribution in [1.82, 2.24) is 10.2 Å². The number of guanidine groups is 1. The third-order valence-electron chi connectivity index (χ3n) is 3.88. The number of aliphatic hydroxyl groups is 1. The van der Waals surface area contributed by atoms with E-state index in [2.05, 4.69) is 52.7 Å². The predicted octanol–water partition coefficient (Wildman–Crippen LogP) is 2.67. The molecule has 0 spiro atoms. The maximum atomic E-state index is 10.5. The second kappa shape index (κ2) is 8.85. The lowest BCUT2D eigenvalue weighted by molar-refractivity contribution is 0.0776. The second-order valence-electron chi connectivity index (χ2n) is 5.90. The molecule has 1 unspecified atom stereocenters. The summed E-state index contributed by atoms with van der Waals surface area (Å²) in [7, 11) is 2.04. The molecule has 0 aliphatic carbocycles. The molecule has 128 valence electrons. The number of rotatable bonds is 6. The summed E-state index contributed by atoms with van der Waals surface area (Å²) in [5.41, 5.74) is 0.623. The molecule has 1 aliphatic heterocycles. The highest BCUT2D eigenvalue weighted by Crippen LogP contribution is 2.28. The fraction of sp³-hybridized carbons (Fsp3) is 0.588. The molecule has 1 aromatic rings. The third-order valence-corrected chi connectivity index (χ3v) is 5.86. The molecule has 0 aromatic heterocycles. The van der Waals surface area contributed by atoms with Crippen LogP contribution in [-0.4, -0.2) is 59.5 Å². The topological polar surface area (TPSA) is 47.9 Å². The Labute approximate surface area is 148 Å². The Bertz CT molecular complexity index is 513. The van der Waals surface area contributed by atoms with Gasteiger partial charge in [0.15, 0.2) is 5.96 Å². The molecular formula is C17H27N3OS2. The number of nitrogens with zero attached hydrogens (tertiary/aromatic N) is 2. The van der Waals surface area contributed by atoms with Crippen LogP contribution in [0, 0.1) is 0 Å². The molecule has 4 nitrogen and oxygen atoms in total. The molecule has 6 heteroatoms. The van der Waals surface area contributed by atoms with Gasteiger partial charge in [0.25, 0.3) is 0 Å². The van der Waals surface area contributed by atoms with Crippen LogP contribution in [0.3, 0.4) is 0 Å². The fourth-order valence-electron chi connectivity index (χ4n) is 2.49. The van der Waals surface area contributed by atoms with Crippen molar-refractivity contribution in [3.05, 3.63) is 29.8 Å². The number of nitrogens with one attached hydrogen (secondary N) is 1. The van der Waals surface area contributed by atoms with Crippen molar-refractivity contribution < 1.29 is 5.11 Å². The fourth-order valence-corrected chi connectivity index (χ4v) is 4.19. The quantitative estimate of drug-likeness (QED) is 0.468. The van der Waals surface area contributed by atoms with E-state index in [1.165, 1.54) is 10.5 Å². The minimum atomic E-state index is -0.633. The Morgan fingerprint density at radius 2 is 2.17 bits per heavy atom. The zero-order valence-electron chi connectivity index (χ0n) is 14.2. The maximum Gasteiger partial charge on any atom is 0.194 e. The summed E-state index contributed by atoms with van der Waals surface area (Å²) in [6, 6.07) is 8.62. The maximum absolute atomic E-state index is 10.5. The van der Waals surface area contributed by atoms with E-state index in [9.17, 15) is 5.11 Å². The van der Waals surface area contributed by atoms with Crippen molar-refractivity contribution in [2.75, 3.05) is 37.9 Å². The first-order chi connectivity index (χ1) is 11.1. The first-order valence-corrected chi connectivity index (χ1v) is 10.4. The molecule has 2 rings (SSSR count). The van der Waals surface area contributed by atoms with Gasteiger partial charge in [-0.05, 0) is 43.0 Å². The van der Waals surface area contributed by atoms with Crippen LogP contribution in [0.15, 0.2) is 34.2 Å². The SMILES string of the molecule is CCNC(=NCC1(O)CCSC1)N(C)Cc1ccc(SC)cc1. The Morgan fingerprint density at radius 3 is 2.74 bits per heavy atom. The predicted molar refractivity (Wildman–Crippen MR) is 103 cm³/mol. The van der Waals surface area contributed by atoms with Crippen molar-refractivity contribution >= 4 is 29.5 Å². The summed E-state index contributed by atoms with van der Waals surface area (Å²) in [4.78, 5) is 8.05. The highest BCUT2D eigenvalue weighted by molar-refractivity contribution is 7.99. The standard InChI is InChI=1S/C17H27N3OS2/c1-4-18-16(19-12-17(21)9-10-23-13-17)20(2)11-14-5-7-15(22-3)8-6-14/h5-8,21H,4,9-13H2,1-3H3,(H,18,19). The molecule has 0 radical (unpaired) electrons. The van der Waals surface area contributed by atoms with E-state index >= 15 is 0 Å². The summed E-state index contributed by atoms with van der Waals surface area (Å²) in [5, 5.41) is 13.8. The molecule has 1 aliphatic rings. The number of aliphatic imine (C=N–C) groups is 1. The lowest BCUT2D eigenvalue weighted by Crippen LogP contribution is -2.41. The van der Waals surface area contributed by atoms with Crippen molar-refractivity contribution in [2.45, 2.75) is 30.4 Å². The summed E-state index contributed by atoms with van der Waals surface area (Å²) in [5.74, 6) is 2.67. The van der Waals surface area contributed by atoms with E-state index in [4.69, 9.17) is 0 Å². The molecule has 1 heterocycles. The molecule has 0 amide bonds. The van der Waals surface area contributed by atoms with Gasteiger partial charge in [0.2, 0.25) is 0 Å². The van der Waals surface area contributed by atoms with E-state index in [0.29, 0.717) is 6.54 Å². The van der Waals surface area contributed by atoms with Crippen LogP contribution in [0.4, 0.5) is 0 Å². The molecule has 1 atom stereocenters. The summed E-state index contributed by atoms with van der Waals surface area (Å²) in [6.45, 7) is 4.16. The van der Waals surface area contributed by atoms with Gasteiger partial charge in [-0.1, -0.05) is 12.1 Å². The lowest BCUT2D eigenvalue weighted by Gasteiger charge is -2.24. The van der Waals surface area contributed by atoms with E-state index in [-0.39, 0.29) is 0 Å². The Morgan fingerprint density at radius 1 is 1.43 bits per heavy atom. The number of thioether (sulfide) groups is 2. The second-order valence-corrected chi connectivity index (χ2v) is 7.89. The molecule has 1 fully saturated rings. The van der Waals surface area contributed by atoms with Gasteiger partial charge in [-0.3, -0.25) is 4.99 Å². The largest absolute Gasteiger partial charge is 0.387 e. The van der Waals surface area contributed by atoms with Gasteiger partial charge >= 0.3 is 0 Å². The van der Waals surface area contributed by atoms with E-state index < -0.39 is 5.60 Å². The summed E-state index contributed by atoms with van der Waals surface area (Å²) < 4.78 is 0. The zero-order chi connectivity index (χ0) is 16.7. The van der Waals surface area contributed by atoms with Gasteiger partial charge in [-0.25, -0.2) is 0 Å². The monoisotopic (exact) mass is 353 g/mol. The molecule has 0 bridgehead atoms. The van der Waals surface area contributed by atoms with Gasteiger partial charge in [-0.2, -0.15) is 11.8 Å². The van der Waals surface area contributed by atoms with Crippen LogP contribution in [0.2, 0.25) is 0 Å². The minimum Gasteiger partial charge on any atom is -0.387 e. The number of hydrogen-bond donors (Lipinski definition) is 2. The highest BCUT2D eigenvalue weighted by Gasteiger charge is 2.31. The first-order valence-electron chi connectivity index (χ1n) is 7.99. The van der Waals surface area contributed by atoms with Crippen LogP contribution in [0.1, 0.15) is 18.9 Å². The van der Waals surface area contributed by atoms with E-state index in [1.807, 2.05) is 7.05 Å². The van der Waals surface area contributed by atoms with Gasteiger partial charge in [0.05, 0.1) is 12.1 Å². The van der Waals surface area contributed by atoms with E-state index in [0.717, 1.165) is 37.0 Å². The summed E-state index contributed by atoms with van der Waals surface area (Å²) >= 11 is 3.56. The van der Waals surface area contributed by atoms with Gasteiger partial charge < -0.3 is 15.3 Å². The van der Waals surface area contributed by atoms with Gasteiger partial charge in [-0.15, -0.1) is 11.8 Å². The molecule has 1 saturated heterocycles. The molecule has 0 saturated carbocycles. The zero-order valence-corrected chi connectivity index (χ0v) is 15.8. The Balaban J connectivity index is 2.00. The normalized spacial score (nSPS) is 21.5. The van der Waals surface area contributed by atoms with Gasteiger partial charge in [0, 0.05) is 30.8 Å². The Kier molecular flexibility index (Phi) is 7.11. The highest BCUT2D eigenvalue weighted by atomic mass is 32.2. The minimum absolute atomic E-state index is 0.470. The van der Waals surface area contributed by atoms with Crippen LogP contribution in [0.25, 0.3) is 0 Å². The van der Waals surface area contributed by atoms with Crippen molar-refractivity contribution in [2.24, 2.45) is 4.99 Å². The van der Waals surface area contributed by atoms with Crippen molar-refractivity contribution in [3.63, 3.8) is 0 Å². The van der Waals surface area contributed by atoms with Crippen LogP contribution in [0.5, 0.6) is 0 Å². The van der Waals surface area contributed by atoms with Crippen LogP contribution < -0.4 is 5.32 Å². The average molecular weight is 354 g/mol. The number of hydrogen-bond acceptors (Lipinski definition) is 4. The smallest absolute Gasteiger partial charge is 0.194 e. The first kappa shape index (κ1) is 18.5. The van der Waals surface area contributed by atoms with Gasteiger partial charge in [0.1, 0.15) is 0 Å². The molecular weight excluding hydrogens is 326 g/mol. The number of benzene rings is 1. The Hall–Kier alpha value is -0.850. The molecule has 2 N–H and O–H groups in total. The van der Waals surface area contributed by atoms with Crippen molar-refractivity contribution in [1.29, 1.82) is 0 Å². The average Bonchev–Trinajstić information content (AvgIpc) is 2.99. The summed E-state index contributed by atoms with van der Waals surface area (Å²) in [6.07, 6.45) is 2.92. The van der Waals surface area contributed by atoms with Crippen LogP contribution >= 0.6 is 23.5 Å².